The van der Waals surface area contributed by atoms with E-state index in [2.05, 4.69) is 46.6 Å². The van der Waals surface area contributed by atoms with E-state index in [9.17, 15) is 0 Å². The third kappa shape index (κ3) is 2.42. The van der Waals surface area contributed by atoms with Gasteiger partial charge in [-0.05, 0) is 42.0 Å². The predicted octanol–water partition coefficient (Wildman–Crippen LogP) is 2.40. The molecule has 108 valence electrons. The topological polar surface area (TPSA) is 28.2 Å². The fourth-order valence-electron chi connectivity index (χ4n) is 3.63. The van der Waals surface area contributed by atoms with Gasteiger partial charge in [-0.2, -0.15) is 0 Å². The number of anilines is 1. The average Bonchev–Trinajstić information content (AvgIpc) is 2.56. The number of fused-ring (bicyclic) bond motifs is 3. The third-order valence-corrected chi connectivity index (χ3v) is 4.72. The number of nitrogens with one attached hydrogen (secondary N) is 1. The molecule has 1 fully saturated rings. The third-order valence-electron chi connectivity index (χ3n) is 4.72. The van der Waals surface area contributed by atoms with Gasteiger partial charge >= 0.3 is 0 Å². The van der Waals surface area contributed by atoms with Gasteiger partial charge in [0, 0.05) is 31.9 Å². The van der Waals surface area contributed by atoms with Crippen LogP contribution in [0.15, 0.2) is 42.6 Å². The van der Waals surface area contributed by atoms with Gasteiger partial charge in [-0.1, -0.05) is 30.3 Å². The van der Waals surface area contributed by atoms with Gasteiger partial charge in [0.15, 0.2) is 0 Å². The Morgan fingerprint density at radius 3 is 3.00 bits per heavy atom. The Kier molecular flexibility index (Phi) is 3.36. The Balaban J connectivity index is 1.68. The van der Waals surface area contributed by atoms with Gasteiger partial charge in [-0.3, -0.25) is 0 Å². The van der Waals surface area contributed by atoms with Crippen molar-refractivity contribution in [2.75, 3.05) is 24.5 Å². The van der Waals surface area contributed by atoms with Crippen molar-refractivity contribution in [2.24, 2.45) is 0 Å². The van der Waals surface area contributed by atoms with Crippen LogP contribution in [0.4, 0.5) is 5.82 Å². The van der Waals surface area contributed by atoms with Crippen molar-refractivity contribution in [3.8, 4) is 0 Å². The van der Waals surface area contributed by atoms with Crippen molar-refractivity contribution in [3.63, 3.8) is 0 Å². The van der Waals surface area contributed by atoms with Crippen LogP contribution < -0.4 is 10.2 Å². The second kappa shape index (κ2) is 5.49. The predicted molar refractivity (Wildman–Crippen MR) is 85.8 cm³/mol. The van der Waals surface area contributed by atoms with Gasteiger partial charge in [0.05, 0.1) is 0 Å². The van der Waals surface area contributed by atoms with E-state index in [4.69, 9.17) is 4.98 Å². The van der Waals surface area contributed by atoms with E-state index in [1.165, 1.54) is 28.9 Å². The van der Waals surface area contributed by atoms with E-state index in [-0.39, 0.29) is 0 Å². The highest BCUT2D eigenvalue weighted by Gasteiger charge is 2.30. The minimum atomic E-state index is 0.630. The first kappa shape index (κ1) is 12.8. The fourth-order valence-corrected chi connectivity index (χ4v) is 3.63. The first-order valence-electron chi connectivity index (χ1n) is 7.90. The molecule has 0 amide bonds. The van der Waals surface area contributed by atoms with Crippen LogP contribution in [0.2, 0.25) is 0 Å². The summed E-state index contributed by atoms with van der Waals surface area (Å²) in [5.74, 6) is 1.24. The maximum Gasteiger partial charge on any atom is 0.132 e. The molecule has 4 rings (SSSR count). The molecular weight excluding hydrogens is 258 g/mol. The minimum Gasteiger partial charge on any atom is -0.351 e. The van der Waals surface area contributed by atoms with Crippen LogP contribution in [0.5, 0.6) is 0 Å². The van der Waals surface area contributed by atoms with Crippen molar-refractivity contribution in [3.05, 3.63) is 59.3 Å². The summed E-state index contributed by atoms with van der Waals surface area (Å²) < 4.78 is 0. The molecule has 0 saturated carbocycles. The quantitative estimate of drug-likeness (QED) is 0.915. The number of aromatic nitrogens is 1. The molecule has 1 N–H and O–H groups in total. The van der Waals surface area contributed by atoms with Crippen LogP contribution in [-0.4, -0.2) is 30.7 Å². The second-order valence-electron chi connectivity index (χ2n) is 6.02. The smallest absolute Gasteiger partial charge is 0.132 e. The van der Waals surface area contributed by atoms with Crippen LogP contribution in [-0.2, 0) is 12.8 Å². The van der Waals surface area contributed by atoms with E-state index in [0.29, 0.717) is 6.04 Å². The molecule has 3 heterocycles. The minimum absolute atomic E-state index is 0.630. The van der Waals surface area contributed by atoms with Crippen molar-refractivity contribution in [1.82, 2.24) is 10.3 Å². The summed E-state index contributed by atoms with van der Waals surface area (Å²) in [6.07, 6.45) is 5.41. The zero-order valence-electron chi connectivity index (χ0n) is 12.3. The standard InChI is InChI=1S/C18H21N3/c1-2-4-14(5-3-1)12-15-8-9-20-18-17(15)7-6-16-13-19-10-11-21(16)18/h1-5,8-9,16,19H,6-7,10-13H2/t16-/m1/s1. The molecule has 1 atom stereocenters. The lowest BCUT2D eigenvalue weighted by atomic mass is 9.91. The van der Waals surface area contributed by atoms with E-state index in [1.807, 2.05) is 6.20 Å². The zero-order chi connectivity index (χ0) is 14.1. The van der Waals surface area contributed by atoms with Gasteiger partial charge in [0.25, 0.3) is 0 Å². The van der Waals surface area contributed by atoms with Gasteiger partial charge < -0.3 is 10.2 Å². The summed E-state index contributed by atoms with van der Waals surface area (Å²) in [5.41, 5.74) is 4.30. The number of rotatable bonds is 2. The summed E-state index contributed by atoms with van der Waals surface area (Å²) in [7, 11) is 0. The molecule has 0 bridgehead atoms. The average molecular weight is 279 g/mol. The summed E-state index contributed by atoms with van der Waals surface area (Å²) >= 11 is 0. The van der Waals surface area contributed by atoms with Crippen molar-refractivity contribution in [1.29, 1.82) is 0 Å². The Morgan fingerprint density at radius 2 is 2.10 bits per heavy atom. The summed E-state index contributed by atoms with van der Waals surface area (Å²) in [4.78, 5) is 7.22. The Labute approximate surface area is 126 Å². The fraction of sp³-hybridized carbons (Fsp3) is 0.389. The molecule has 3 heteroatoms. The number of hydrogen-bond donors (Lipinski definition) is 1. The number of piperazine rings is 1. The van der Waals surface area contributed by atoms with Crippen molar-refractivity contribution in [2.45, 2.75) is 25.3 Å². The maximum atomic E-state index is 4.70. The van der Waals surface area contributed by atoms with Gasteiger partial charge in [-0.25, -0.2) is 4.98 Å². The number of nitrogens with zero attached hydrogens (tertiary/aromatic N) is 2. The molecule has 1 aromatic carbocycles. The summed E-state index contributed by atoms with van der Waals surface area (Å²) in [6, 6.07) is 13.6. The number of pyridine rings is 1. The molecule has 0 aliphatic carbocycles. The molecule has 3 nitrogen and oxygen atoms in total. The molecule has 21 heavy (non-hydrogen) atoms. The van der Waals surface area contributed by atoms with Gasteiger partial charge in [0.1, 0.15) is 5.82 Å². The molecular formula is C18H21N3. The SMILES string of the molecule is c1ccc(Cc2ccnc3c2CC[C@@H]2CNCCN32)cc1. The Morgan fingerprint density at radius 1 is 1.19 bits per heavy atom. The van der Waals surface area contributed by atoms with E-state index >= 15 is 0 Å². The summed E-state index contributed by atoms with van der Waals surface area (Å²) in [6.45, 7) is 3.25. The molecule has 1 saturated heterocycles. The Bertz CT molecular complexity index is 624. The van der Waals surface area contributed by atoms with Crippen LogP contribution in [0.1, 0.15) is 23.1 Å². The zero-order valence-corrected chi connectivity index (χ0v) is 12.3. The number of benzene rings is 1. The van der Waals surface area contributed by atoms with Crippen LogP contribution in [0.3, 0.4) is 0 Å². The highest BCUT2D eigenvalue weighted by molar-refractivity contribution is 5.55. The van der Waals surface area contributed by atoms with Crippen LogP contribution >= 0.6 is 0 Å². The van der Waals surface area contributed by atoms with Crippen molar-refractivity contribution >= 4 is 5.82 Å². The molecule has 0 spiro atoms. The van der Waals surface area contributed by atoms with E-state index < -0.39 is 0 Å². The van der Waals surface area contributed by atoms with E-state index in [0.717, 1.165) is 32.5 Å². The molecule has 2 aliphatic rings. The lowest BCUT2D eigenvalue weighted by Gasteiger charge is -2.42. The Hall–Kier alpha value is -1.87. The van der Waals surface area contributed by atoms with Crippen LogP contribution in [0, 0.1) is 0 Å². The highest BCUT2D eigenvalue weighted by Crippen LogP contribution is 2.32. The first-order chi connectivity index (χ1) is 10.4. The van der Waals surface area contributed by atoms with Crippen LogP contribution in [0.25, 0.3) is 0 Å². The van der Waals surface area contributed by atoms with Gasteiger partial charge in [0.2, 0.25) is 0 Å². The molecule has 0 unspecified atom stereocenters. The maximum absolute atomic E-state index is 4.70. The number of hydrogen-bond acceptors (Lipinski definition) is 3. The molecule has 1 aromatic heterocycles. The monoisotopic (exact) mass is 279 g/mol. The van der Waals surface area contributed by atoms with Crippen molar-refractivity contribution < 1.29 is 0 Å². The lowest BCUT2D eigenvalue weighted by Crippen LogP contribution is -2.53. The van der Waals surface area contributed by atoms with Gasteiger partial charge in [-0.15, -0.1) is 0 Å². The molecule has 2 aliphatic heterocycles. The molecule has 2 aromatic rings. The summed E-state index contributed by atoms with van der Waals surface area (Å²) in [5, 5.41) is 3.50. The lowest BCUT2D eigenvalue weighted by molar-refractivity contribution is 0.435. The normalized spacial score (nSPS) is 20.8. The molecule has 0 radical (unpaired) electrons. The largest absolute Gasteiger partial charge is 0.351 e. The second-order valence-corrected chi connectivity index (χ2v) is 6.02. The first-order valence-corrected chi connectivity index (χ1v) is 7.90. The highest BCUT2D eigenvalue weighted by atomic mass is 15.3. The van der Waals surface area contributed by atoms with E-state index in [1.54, 1.807) is 0 Å².